The minimum atomic E-state index is -0.250. The van der Waals surface area contributed by atoms with E-state index in [1.807, 2.05) is 30.3 Å². The van der Waals surface area contributed by atoms with Gasteiger partial charge in [-0.2, -0.15) is 0 Å². The van der Waals surface area contributed by atoms with Crippen molar-refractivity contribution in [1.82, 2.24) is 0 Å². The van der Waals surface area contributed by atoms with Crippen LogP contribution in [0.2, 0.25) is 0 Å². The molecular weight excluding hydrogens is 268 g/mol. The van der Waals surface area contributed by atoms with Crippen LogP contribution in [0.5, 0.6) is 5.75 Å². The number of esters is 1. The van der Waals surface area contributed by atoms with Crippen LogP contribution in [-0.4, -0.2) is 19.7 Å². The maximum Gasteiger partial charge on any atom is 0.310 e. The average Bonchev–Trinajstić information content (AvgIpc) is 2.90. The van der Waals surface area contributed by atoms with Crippen LogP contribution in [0.4, 0.5) is 0 Å². The van der Waals surface area contributed by atoms with Crippen molar-refractivity contribution in [2.45, 2.75) is 13.3 Å². The van der Waals surface area contributed by atoms with E-state index in [0.717, 1.165) is 33.1 Å². The topological polar surface area (TPSA) is 48.7 Å². The molecule has 0 N–H and O–H groups in total. The van der Waals surface area contributed by atoms with Gasteiger partial charge in [-0.05, 0) is 30.5 Å². The lowest BCUT2D eigenvalue weighted by Crippen LogP contribution is -2.07. The predicted octanol–water partition coefficient (Wildman–Crippen LogP) is 3.70. The summed E-state index contributed by atoms with van der Waals surface area (Å²) in [6, 6.07) is 9.72. The molecule has 0 saturated carbocycles. The molecule has 4 nitrogen and oxygen atoms in total. The van der Waals surface area contributed by atoms with Crippen LogP contribution in [-0.2, 0) is 16.0 Å². The Balaban J connectivity index is 2.18. The number of ether oxygens (including phenoxy) is 2. The highest BCUT2D eigenvalue weighted by molar-refractivity contribution is 6.10. The van der Waals surface area contributed by atoms with E-state index >= 15 is 0 Å². The fourth-order valence-electron chi connectivity index (χ4n) is 2.61. The predicted molar refractivity (Wildman–Crippen MR) is 80.6 cm³/mol. The van der Waals surface area contributed by atoms with Crippen molar-refractivity contribution in [3.63, 3.8) is 0 Å². The monoisotopic (exact) mass is 284 g/mol. The van der Waals surface area contributed by atoms with Crippen molar-refractivity contribution in [3.8, 4) is 5.75 Å². The quantitative estimate of drug-likeness (QED) is 0.685. The Kier molecular flexibility index (Phi) is 3.52. The second-order valence-corrected chi connectivity index (χ2v) is 4.74. The van der Waals surface area contributed by atoms with Crippen LogP contribution < -0.4 is 4.74 Å². The molecule has 3 rings (SSSR count). The van der Waals surface area contributed by atoms with E-state index in [-0.39, 0.29) is 12.4 Å². The fraction of sp³-hybridized carbons (Fsp3) is 0.235. The van der Waals surface area contributed by atoms with Crippen molar-refractivity contribution in [1.29, 1.82) is 0 Å². The lowest BCUT2D eigenvalue weighted by Gasteiger charge is -2.07. The first kappa shape index (κ1) is 13.5. The van der Waals surface area contributed by atoms with Gasteiger partial charge in [0, 0.05) is 16.3 Å². The second-order valence-electron chi connectivity index (χ2n) is 4.74. The van der Waals surface area contributed by atoms with Crippen LogP contribution in [0.15, 0.2) is 41.0 Å². The molecule has 0 atom stereocenters. The zero-order valence-corrected chi connectivity index (χ0v) is 12.0. The standard InChI is InChI=1S/C17H16O4/c1-3-20-16(18)9-11-10-21-15-8-7-12-13(17(11)15)5-4-6-14(12)19-2/h4-8,10H,3,9H2,1-2H3. The minimum absolute atomic E-state index is 0.206. The lowest BCUT2D eigenvalue weighted by atomic mass is 10.0. The smallest absolute Gasteiger partial charge is 0.310 e. The second kappa shape index (κ2) is 5.48. The summed E-state index contributed by atoms with van der Waals surface area (Å²) in [6.45, 7) is 2.18. The SMILES string of the molecule is CCOC(=O)Cc1coc2ccc3c(OC)cccc3c12. The number of hydrogen-bond acceptors (Lipinski definition) is 4. The molecule has 2 aromatic carbocycles. The highest BCUT2D eigenvalue weighted by atomic mass is 16.5. The summed E-state index contributed by atoms with van der Waals surface area (Å²) in [5.74, 6) is 0.554. The van der Waals surface area contributed by atoms with Crippen molar-refractivity contribution >= 4 is 27.7 Å². The van der Waals surface area contributed by atoms with Crippen LogP contribution in [0.3, 0.4) is 0 Å². The van der Waals surface area contributed by atoms with E-state index in [2.05, 4.69) is 0 Å². The number of benzene rings is 2. The third kappa shape index (κ3) is 2.33. The molecule has 0 saturated heterocycles. The van der Waals surface area contributed by atoms with Gasteiger partial charge < -0.3 is 13.9 Å². The lowest BCUT2D eigenvalue weighted by molar-refractivity contribution is -0.142. The van der Waals surface area contributed by atoms with Gasteiger partial charge in [0.2, 0.25) is 0 Å². The van der Waals surface area contributed by atoms with Gasteiger partial charge in [0.25, 0.3) is 0 Å². The number of furan rings is 1. The van der Waals surface area contributed by atoms with Gasteiger partial charge in [0.1, 0.15) is 11.3 Å². The van der Waals surface area contributed by atoms with Crippen LogP contribution >= 0.6 is 0 Å². The zero-order chi connectivity index (χ0) is 14.8. The van der Waals surface area contributed by atoms with Crippen molar-refractivity contribution < 1.29 is 18.7 Å². The summed E-state index contributed by atoms with van der Waals surface area (Å²) in [5, 5.41) is 2.96. The molecule has 3 aromatic rings. The summed E-state index contributed by atoms with van der Waals surface area (Å²) in [4.78, 5) is 11.7. The van der Waals surface area contributed by atoms with Crippen LogP contribution in [0.25, 0.3) is 21.7 Å². The van der Waals surface area contributed by atoms with E-state index in [4.69, 9.17) is 13.9 Å². The van der Waals surface area contributed by atoms with Crippen LogP contribution in [0, 0.1) is 0 Å². The Labute approximate surface area is 122 Å². The molecule has 0 aliphatic rings. The highest BCUT2D eigenvalue weighted by Gasteiger charge is 2.15. The van der Waals surface area contributed by atoms with Crippen molar-refractivity contribution in [3.05, 3.63) is 42.2 Å². The molecule has 0 aliphatic heterocycles. The van der Waals surface area contributed by atoms with Crippen molar-refractivity contribution in [2.75, 3.05) is 13.7 Å². The Morgan fingerprint density at radius 2 is 2.05 bits per heavy atom. The number of carbonyl (C=O) groups excluding carboxylic acids is 1. The maximum absolute atomic E-state index is 11.7. The molecule has 0 aliphatic carbocycles. The molecule has 108 valence electrons. The summed E-state index contributed by atoms with van der Waals surface area (Å²) < 4.78 is 16.0. The van der Waals surface area contributed by atoms with Gasteiger partial charge in [-0.15, -0.1) is 0 Å². The summed E-state index contributed by atoms with van der Waals surface area (Å²) in [5.41, 5.74) is 1.59. The van der Waals surface area contributed by atoms with E-state index in [1.165, 1.54) is 0 Å². The fourth-order valence-corrected chi connectivity index (χ4v) is 2.61. The molecule has 0 spiro atoms. The van der Waals surface area contributed by atoms with E-state index in [9.17, 15) is 4.79 Å². The molecule has 0 radical (unpaired) electrons. The number of methoxy groups -OCH3 is 1. The molecule has 4 heteroatoms. The Hall–Kier alpha value is -2.49. The Bertz CT molecular complexity index is 801. The molecule has 1 aromatic heterocycles. The summed E-state index contributed by atoms with van der Waals surface area (Å²) >= 11 is 0. The number of rotatable bonds is 4. The summed E-state index contributed by atoms with van der Waals surface area (Å²) in [7, 11) is 1.65. The van der Waals surface area contributed by atoms with E-state index in [0.29, 0.717) is 6.61 Å². The van der Waals surface area contributed by atoms with Gasteiger partial charge in [-0.1, -0.05) is 12.1 Å². The largest absolute Gasteiger partial charge is 0.496 e. The van der Waals surface area contributed by atoms with Crippen molar-refractivity contribution in [2.24, 2.45) is 0 Å². The molecule has 1 heterocycles. The molecule has 0 bridgehead atoms. The molecule has 0 fully saturated rings. The third-order valence-electron chi connectivity index (χ3n) is 3.49. The number of hydrogen-bond donors (Lipinski definition) is 0. The highest BCUT2D eigenvalue weighted by Crippen LogP contribution is 2.34. The van der Waals surface area contributed by atoms with E-state index < -0.39 is 0 Å². The van der Waals surface area contributed by atoms with Gasteiger partial charge in [0.15, 0.2) is 0 Å². The maximum atomic E-state index is 11.7. The first-order valence-electron chi connectivity index (χ1n) is 6.86. The first-order valence-corrected chi connectivity index (χ1v) is 6.86. The molecule has 0 unspecified atom stereocenters. The molecule has 21 heavy (non-hydrogen) atoms. The number of carbonyl (C=O) groups is 1. The minimum Gasteiger partial charge on any atom is -0.496 e. The normalized spacial score (nSPS) is 11.0. The Morgan fingerprint density at radius 3 is 2.81 bits per heavy atom. The van der Waals surface area contributed by atoms with Gasteiger partial charge in [0.05, 0.1) is 26.4 Å². The Morgan fingerprint density at radius 1 is 1.19 bits per heavy atom. The van der Waals surface area contributed by atoms with Gasteiger partial charge in [-0.3, -0.25) is 4.79 Å². The molecule has 0 amide bonds. The molecular formula is C17H16O4. The van der Waals surface area contributed by atoms with Gasteiger partial charge in [-0.25, -0.2) is 0 Å². The number of fused-ring (bicyclic) bond motifs is 3. The first-order chi connectivity index (χ1) is 10.2. The zero-order valence-electron chi connectivity index (χ0n) is 12.0. The average molecular weight is 284 g/mol. The summed E-state index contributed by atoms with van der Waals surface area (Å²) in [6.07, 6.45) is 1.83. The third-order valence-corrected chi connectivity index (χ3v) is 3.49. The van der Waals surface area contributed by atoms with Crippen LogP contribution in [0.1, 0.15) is 12.5 Å². The van der Waals surface area contributed by atoms with E-state index in [1.54, 1.807) is 20.3 Å². The van der Waals surface area contributed by atoms with Gasteiger partial charge >= 0.3 is 5.97 Å².